The minimum absolute atomic E-state index is 0.140. The fraction of sp³-hybridized carbons (Fsp3) is 0.500. The molecule has 0 saturated carbocycles. The van der Waals surface area contributed by atoms with Crippen molar-refractivity contribution in [1.29, 1.82) is 0 Å². The first-order valence-corrected chi connectivity index (χ1v) is 8.90. The molecule has 1 amide bonds. The van der Waals surface area contributed by atoms with Crippen molar-refractivity contribution in [2.24, 2.45) is 7.05 Å². The van der Waals surface area contributed by atoms with Gasteiger partial charge in [0.2, 0.25) is 5.91 Å². The zero-order valence-electron chi connectivity index (χ0n) is 14.9. The normalized spacial score (nSPS) is 16.7. The van der Waals surface area contributed by atoms with Gasteiger partial charge in [0.05, 0.1) is 5.69 Å². The molecule has 1 heterocycles. The Balaban J connectivity index is 1.53. The van der Waals surface area contributed by atoms with Crippen molar-refractivity contribution in [3.8, 4) is 0 Å². The van der Waals surface area contributed by atoms with Gasteiger partial charge in [-0.05, 0) is 56.2 Å². The zero-order chi connectivity index (χ0) is 17.1. The second-order valence-corrected chi connectivity index (χ2v) is 6.87. The Bertz CT molecular complexity index is 732. The molecule has 4 heteroatoms. The number of aryl methyl sites for hydroxylation is 3. The Kier molecular flexibility index (Phi) is 5.03. The van der Waals surface area contributed by atoms with E-state index in [4.69, 9.17) is 0 Å². The van der Waals surface area contributed by atoms with E-state index in [0.717, 1.165) is 30.8 Å². The van der Waals surface area contributed by atoms with Gasteiger partial charge in [-0.3, -0.25) is 9.48 Å². The zero-order valence-corrected chi connectivity index (χ0v) is 14.9. The first-order chi connectivity index (χ1) is 11.6. The third-order valence-corrected chi connectivity index (χ3v) is 5.30. The van der Waals surface area contributed by atoms with Gasteiger partial charge in [-0.15, -0.1) is 0 Å². The summed E-state index contributed by atoms with van der Waals surface area (Å²) >= 11 is 0. The van der Waals surface area contributed by atoms with E-state index in [2.05, 4.69) is 41.6 Å². The van der Waals surface area contributed by atoms with Gasteiger partial charge in [-0.1, -0.05) is 24.3 Å². The van der Waals surface area contributed by atoms with E-state index in [-0.39, 0.29) is 5.91 Å². The van der Waals surface area contributed by atoms with E-state index in [1.807, 2.05) is 18.7 Å². The van der Waals surface area contributed by atoms with Gasteiger partial charge in [0.15, 0.2) is 0 Å². The van der Waals surface area contributed by atoms with Gasteiger partial charge >= 0.3 is 0 Å². The molecule has 0 spiro atoms. The minimum Gasteiger partial charge on any atom is -0.355 e. The second kappa shape index (κ2) is 7.20. The lowest BCUT2D eigenvalue weighted by Crippen LogP contribution is -2.30. The van der Waals surface area contributed by atoms with Gasteiger partial charge in [0, 0.05) is 31.6 Å². The topological polar surface area (TPSA) is 46.9 Å². The van der Waals surface area contributed by atoms with Crippen LogP contribution in [0.15, 0.2) is 24.3 Å². The molecular formula is C20H27N3O. The largest absolute Gasteiger partial charge is 0.355 e. The Morgan fingerprint density at radius 1 is 1.33 bits per heavy atom. The maximum atomic E-state index is 12.3. The lowest BCUT2D eigenvalue weighted by molar-refractivity contribution is -0.121. The molecule has 1 aromatic carbocycles. The van der Waals surface area contributed by atoms with Crippen LogP contribution in [0.2, 0.25) is 0 Å². The van der Waals surface area contributed by atoms with Crippen LogP contribution in [0.4, 0.5) is 0 Å². The number of hydrogen-bond acceptors (Lipinski definition) is 2. The molecule has 0 bridgehead atoms. The average molecular weight is 325 g/mol. The molecule has 0 fully saturated rings. The van der Waals surface area contributed by atoms with Crippen LogP contribution in [0.3, 0.4) is 0 Å². The molecule has 1 aliphatic rings. The average Bonchev–Trinajstić information content (AvgIpc) is 2.83. The molecule has 128 valence electrons. The summed E-state index contributed by atoms with van der Waals surface area (Å²) < 4.78 is 1.89. The summed E-state index contributed by atoms with van der Waals surface area (Å²) in [6.45, 7) is 4.83. The SMILES string of the molecule is Cc1nn(C)c(C)c1CCC(=O)NCC1CCCc2ccccc21. The highest BCUT2D eigenvalue weighted by Crippen LogP contribution is 2.30. The van der Waals surface area contributed by atoms with E-state index in [1.165, 1.54) is 29.5 Å². The molecule has 24 heavy (non-hydrogen) atoms. The van der Waals surface area contributed by atoms with Gasteiger partial charge < -0.3 is 5.32 Å². The number of rotatable bonds is 5. The molecule has 0 saturated heterocycles. The first-order valence-electron chi connectivity index (χ1n) is 8.90. The van der Waals surface area contributed by atoms with E-state index in [9.17, 15) is 4.79 Å². The number of nitrogens with zero attached hydrogens (tertiary/aromatic N) is 2. The first kappa shape index (κ1) is 16.7. The lowest BCUT2D eigenvalue weighted by Gasteiger charge is -2.25. The Labute approximate surface area is 144 Å². The van der Waals surface area contributed by atoms with Gasteiger partial charge in [-0.2, -0.15) is 5.10 Å². The van der Waals surface area contributed by atoms with Gasteiger partial charge in [0.25, 0.3) is 0 Å². The second-order valence-electron chi connectivity index (χ2n) is 6.87. The maximum Gasteiger partial charge on any atom is 0.220 e. The molecule has 1 N–H and O–H groups in total. The number of hydrogen-bond donors (Lipinski definition) is 1. The van der Waals surface area contributed by atoms with Crippen LogP contribution in [0.1, 0.15) is 53.3 Å². The summed E-state index contributed by atoms with van der Waals surface area (Å²) in [6, 6.07) is 8.65. The lowest BCUT2D eigenvalue weighted by atomic mass is 9.83. The molecule has 1 aromatic heterocycles. The smallest absolute Gasteiger partial charge is 0.220 e. The summed E-state index contributed by atoms with van der Waals surface area (Å²) in [5.74, 6) is 0.599. The summed E-state index contributed by atoms with van der Waals surface area (Å²) in [6.07, 6.45) is 4.84. The van der Waals surface area contributed by atoms with E-state index in [0.29, 0.717) is 12.3 Å². The summed E-state index contributed by atoms with van der Waals surface area (Å²) in [5.41, 5.74) is 6.26. The number of benzene rings is 1. The highest BCUT2D eigenvalue weighted by Gasteiger charge is 2.20. The standard InChI is InChI=1S/C20H27N3O/c1-14-18(15(2)23(3)22-14)11-12-20(24)21-13-17-9-6-8-16-7-4-5-10-19(16)17/h4-5,7,10,17H,6,8-9,11-13H2,1-3H3,(H,21,24). The molecule has 0 aliphatic heterocycles. The fourth-order valence-electron chi connectivity index (χ4n) is 3.81. The van der Waals surface area contributed by atoms with Crippen molar-refractivity contribution in [3.63, 3.8) is 0 Å². The third kappa shape index (κ3) is 3.53. The van der Waals surface area contributed by atoms with Crippen LogP contribution < -0.4 is 5.32 Å². The Morgan fingerprint density at radius 2 is 2.12 bits per heavy atom. The quantitative estimate of drug-likeness (QED) is 0.917. The molecule has 2 aromatic rings. The molecule has 1 aliphatic carbocycles. The van der Waals surface area contributed by atoms with Crippen molar-refractivity contribution in [3.05, 3.63) is 52.3 Å². The van der Waals surface area contributed by atoms with Crippen molar-refractivity contribution in [2.45, 2.75) is 51.9 Å². The molecular weight excluding hydrogens is 298 g/mol. The number of aromatic nitrogens is 2. The number of carbonyl (C=O) groups is 1. The van der Waals surface area contributed by atoms with Crippen molar-refractivity contribution < 1.29 is 4.79 Å². The summed E-state index contributed by atoms with van der Waals surface area (Å²) in [7, 11) is 1.95. The number of carbonyl (C=O) groups excluding carboxylic acids is 1. The highest BCUT2D eigenvalue weighted by atomic mass is 16.1. The van der Waals surface area contributed by atoms with Crippen molar-refractivity contribution >= 4 is 5.91 Å². The van der Waals surface area contributed by atoms with Crippen LogP contribution in [-0.2, 0) is 24.7 Å². The number of nitrogens with one attached hydrogen (secondary N) is 1. The third-order valence-electron chi connectivity index (χ3n) is 5.30. The maximum absolute atomic E-state index is 12.3. The Hall–Kier alpha value is -2.10. The van der Waals surface area contributed by atoms with Crippen LogP contribution in [0.5, 0.6) is 0 Å². The molecule has 4 nitrogen and oxygen atoms in total. The van der Waals surface area contributed by atoms with Crippen LogP contribution in [-0.4, -0.2) is 22.2 Å². The molecule has 1 unspecified atom stereocenters. The van der Waals surface area contributed by atoms with Crippen LogP contribution in [0.25, 0.3) is 0 Å². The van der Waals surface area contributed by atoms with Crippen LogP contribution in [0, 0.1) is 13.8 Å². The van der Waals surface area contributed by atoms with Gasteiger partial charge in [-0.25, -0.2) is 0 Å². The molecule has 0 radical (unpaired) electrons. The molecule has 1 atom stereocenters. The summed E-state index contributed by atoms with van der Waals surface area (Å²) in [5, 5.41) is 7.56. The fourth-order valence-corrected chi connectivity index (χ4v) is 3.81. The number of amides is 1. The van der Waals surface area contributed by atoms with Gasteiger partial charge in [0.1, 0.15) is 0 Å². The van der Waals surface area contributed by atoms with Crippen molar-refractivity contribution in [2.75, 3.05) is 6.54 Å². The van der Waals surface area contributed by atoms with E-state index < -0.39 is 0 Å². The number of fused-ring (bicyclic) bond motifs is 1. The molecule has 3 rings (SSSR count). The van der Waals surface area contributed by atoms with Crippen LogP contribution >= 0.6 is 0 Å². The monoisotopic (exact) mass is 325 g/mol. The van der Waals surface area contributed by atoms with Crippen molar-refractivity contribution in [1.82, 2.24) is 15.1 Å². The summed E-state index contributed by atoms with van der Waals surface area (Å²) in [4.78, 5) is 12.3. The predicted molar refractivity (Wildman–Crippen MR) is 96.1 cm³/mol. The minimum atomic E-state index is 0.140. The highest BCUT2D eigenvalue weighted by molar-refractivity contribution is 5.76. The Morgan fingerprint density at radius 3 is 2.88 bits per heavy atom. The van der Waals surface area contributed by atoms with E-state index in [1.54, 1.807) is 0 Å². The van der Waals surface area contributed by atoms with E-state index >= 15 is 0 Å². The predicted octanol–water partition coefficient (Wildman–Crippen LogP) is 3.21.